The lowest BCUT2D eigenvalue weighted by Gasteiger charge is -2.28. The number of aromatic amines is 1. The maximum Gasteiger partial charge on any atom is 0.355 e. The lowest BCUT2D eigenvalue weighted by Crippen LogP contribution is -2.27. The lowest BCUT2D eigenvalue weighted by atomic mass is 9.75. The van der Waals surface area contributed by atoms with E-state index in [2.05, 4.69) is 18.8 Å². The molecule has 1 aliphatic rings. The summed E-state index contributed by atoms with van der Waals surface area (Å²) in [7, 11) is 0. The summed E-state index contributed by atoms with van der Waals surface area (Å²) in [6, 6.07) is 9.89. The van der Waals surface area contributed by atoms with Crippen molar-refractivity contribution in [3.05, 3.63) is 58.4 Å². The Labute approximate surface area is 142 Å². The van der Waals surface area contributed by atoms with Crippen molar-refractivity contribution in [2.24, 2.45) is 5.41 Å². The third kappa shape index (κ3) is 3.14. The van der Waals surface area contributed by atoms with E-state index in [-0.39, 0.29) is 17.2 Å². The van der Waals surface area contributed by atoms with Gasteiger partial charge in [-0.2, -0.15) is 0 Å². The van der Waals surface area contributed by atoms with Gasteiger partial charge in [-0.15, -0.1) is 0 Å². The fraction of sp³-hybridized carbons (Fsp3) is 0.400. The molecule has 4 heteroatoms. The van der Waals surface area contributed by atoms with Crippen molar-refractivity contribution in [2.75, 3.05) is 6.61 Å². The molecule has 0 unspecified atom stereocenters. The van der Waals surface area contributed by atoms with Crippen molar-refractivity contribution in [1.82, 2.24) is 4.98 Å². The van der Waals surface area contributed by atoms with Crippen LogP contribution in [0.5, 0.6) is 0 Å². The highest BCUT2D eigenvalue weighted by atomic mass is 16.5. The number of hydrogen-bond donors (Lipinski definition) is 1. The van der Waals surface area contributed by atoms with Crippen LogP contribution in [0, 0.1) is 5.41 Å². The Morgan fingerprint density at radius 1 is 1.21 bits per heavy atom. The van der Waals surface area contributed by atoms with Gasteiger partial charge in [0.05, 0.1) is 6.61 Å². The van der Waals surface area contributed by atoms with E-state index in [0.717, 1.165) is 23.2 Å². The molecule has 2 aromatic rings. The molecule has 0 radical (unpaired) electrons. The lowest BCUT2D eigenvalue weighted by molar-refractivity contribution is 0.0518. The predicted molar refractivity (Wildman–Crippen MR) is 92.4 cm³/mol. The Morgan fingerprint density at radius 2 is 1.92 bits per heavy atom. The minimum absolute atomic E-state index is 0.0924. The number of carbonyl (C=O) groups is 2. The van der Waals surface area contributed by atoms with Crippen LogP contribution in [0.3, 0.4) is 0 Å². The van der Waals surface area contributed by atoms with Gasteiger partial charge in [-0.25, -0.2) is 4.79 Å². The van der Waals surface area contributed by atoms with Gasteiger partial charge in [-0.3, -0.25) is 4.79 Å². The van der Waals surface area contributed by atoms with Crippen LogP contribution in [0.4, 0.5) is 0 Å². The highest BCUT2D eigenvalue weighted by Crippen LogP contribution is 2.37. The molecule has 126 valence electrons. The van der Waals surface area contributed by atoms with Crippen molar-refractivity contribution in [3.63, 3.8) is 0 Å². The van der Waals surface area contributed by atoms with Crippen LogP contribution in [0.1, 0.15) is 64.9 Å². The maximum atomic E-state index is 12.7. The zero-order valence-electron chi connectivity index (χ0n) is 14.4. The van der Waals surface area contributed by atoms with Gasteiger partial charge in [0.15, 0.2) is 5.78 Å². The van der Waals surface area contributed by atoms with Gasteiger partial charge in [0.25, 0.3) is 0 Å². The number of carbonyl (C=O) groups excluding carboxylic acids is 2. The molecule has 0 aliphatic heterocycles. The highest BCUT2D eigenvalue weighted by molar-refractivity contribution is 6.03. The number of ketones is 1. The first-order chi connectivity index (χ1) is 11.4. The molecule has 1 N–H and O–H groups in total. The van der Waals surface area contributed by atoms with Crippen LogP contribution in [-0.4, -0.2) is 23.3 Å². The quantitative estimate of drug-likeness (QED) is 0.866. The minimum Gasteiger partial charge on any atom is -0.461 e. The molecule has 0 bridgehead atoms. The minimum atomic E-state index is -0.386. The van der Waals surface area contributed by atoms with Crippen molar-refractivity contribution in [3.8, 4) is 0 Å². The number of nitrogens with one attached hydrogen (secondary N) is 1. The number of hydrogen-bond acceptors (Lipinski definition) is 3. The summed E-state index contributed by atoms with van der Waals surface area (Å²) in [5.41, 5.74) is 3.74. The fourth-order valence-corrected chi connectivity index (χ4v) is 3.48. The summed E-state index contributed by atoms with van der Waals surface area (Å²) >= 11 is 0. The average Bonchev–Trinajstić information content (AvgIpc) is 2.85. The monoisotopic (exact) mass is 325 g/mol. The molecule has 0 saturated carbocycles. The molecule has 4 nitrogen and oxygen atoms in total. The Kier molecular flexibility index (Phi) is 4.31. The summed E-state index contributed by atoms with van der Waals surface area (Å²) in [5, 5.41) is 0. The van der Waals surface area contributed by atoms with E-state index in [1.807, 2.05) is 30.3 Å². The molecule has 0 fully saturated rings. The molecule has 24 heavy (non-hydrogen) atoms. The SMILES string of the molecule is CCOC(=O)c1[nH]c2c(c1Cc1ccccc1)C(=O)CC(C)(C)C2. The van der Waals surface area contributed by atoms with Crippen LogP contribution >= 0.6 is 0 Å². The fourth-order valence-electron chi connectivity index (χ4n) is 3.48. The maximum absolute atomic E-state index is 12.7. The normalized spacial score (nSPS) is 15.9. The first kappa shape index (κ1) is 16.5. The molecular formula is C20H23NO3. The molecule has 3 rings (SSSR count). The third-order valence-corrected chi connectivity index (χ3v) is 4.46. The van der Waals surface area contributed by atoms with E-state index in [1.54, 1.807) is 6.92 Å². The first-order valence-corrected chi connectivity index (χ1v) is 8.39. The second-order valence-corrected chi connectivity index (χ2v) is 7.16. The van der Waals surface area contributed by atoms with Crippen LogP contribution < -0.4 is 0 Å². The number of ether oxygens (including phenoxy) is 1. The number of esters is 1. The van der Waals surface area contributed by atoms with Crippen LogP contribution in [0.15, 0.2) is 30.3 Å². The molecular weight excluding hydrogens is 302 g/mol. The molecule has 0 atom stereocenters. The van der Waals surface area contributed by atoms with E-state index in [4.69, 9.17) is 4.74 Å². The van der Waals surface area contributed by atoms with E-state index in [9.17, 15) is 9.59 Å². The summed E-state index contributed by atoms with van der Waals surface area (Å²) in [6.45, 7) is 6.25. The van der Waals surface area contributed by atoms with E-state index in [1.165, 1.54) is 0 Å². The largest absolute Gasteiger partial charge is 0.461 e. The second kappa shape index (κ2) is 6.27. The van der Waals surface area contributed by atoms with Crippen LogP contribution in [0.2, 0.25) is 0 Å². The van der Waals surface area contributed by atoms with Gasteiger partial charge in [0, 0.05) is 24.1 Å². The Balaban J connectivity index is 2.09. The predicted octanol–water partition coefficient (Wildman–Crippen LogP) is 3.94. The molecule has 0 saturated heterocycles. The Morgan fingerprint density at radius 3 is 2.58 bits per heavy atom. The zero-order valence-corrected chi connectivity index (χ0v) is 14.4. The second-order valence-electron chi connectivity index (χ2n) is 7.16. The summed E-state index contributed by atoms with van der Waals surface area (Å²) in [6.07, 6.45) is 1.81. The number of H-pyrrole nitrogens is 1. The molecule has 0 amide bonds. The van der Waals surface area contributed by atoms with Gasteiger partial charge in [0.2, 0.25) is 0 Å². The standard InChI is InChI=1S/C20H23NO3/c1-4-24-19(23)18-14(10-13-8-6-5-7-9-13)17-15(21-18)11-20(2,3)12-16(17)22/h5-9,21H,4,10-12H2,1-3H3. The van der Waals surface area contributed by atoms with Gasteiger partial charge >= 0.3 is 5.97 Å². The molecule has 1 aromatic carbocycles. The number of rotatable bonds is 4. The average molecular weight is 325 g/mol. The van der Waals surface area contributed by atoms with Crippen molar-refractivity contribution >= 4 is 11.8 Å². The Hall–Kier alpha value is -2.36. The molecule has 1 aromatic heterocycles. The molecule has 1 aliphatic carbocycles. The van der Waals surface area contributed by atoms with Gasteiger partial charge in [0.1, 0.15) is 5.69 Å². The van der Waals surface area contributed by atoms with Gasteiger partial charge in [-0.05, 0) is 29.9 Å². The molecule has 1 heterocycles. The first-order valence-electron chi connectivity index (χ1n) is 8.39. The van der Waals surface area contributed by atoms with Gasteiger partial charge < -0.3 is 9.72 Å². The van der Waals surface area contributed by atoms with Crippen LogP contribution in [0.25, 0.3) is 0 Å². The van der Waals surface area contributed by atoms with Crippen LogP contribution in [-0.2, 0) is 17.6 Å². The Bertz CT molecular complexity index is 772. The number of benzene rings is 1. The smallest absolute Gasteiger partial charge is 0.355 e. The van der Waals surface area contributed by atoms with E-state index >= 15 is 0 Å². The summed E-state index contributed by atoms with van der Waals surface area (Å²) in [4.78, 5) is 28.3. The van der Waals surface area contributed by atoms with Gasteiger partial charge in [-0.1, -0.05) is 44.2 Å². The van der Waals surface area contributed by atoms with Crippen molar-refractivity contribution < 1.29 is 14.3 Å². The zero-order chi connectivity index (χ0) is 17.3. The number of Topliss-reactive ketones (excluding diaryl/α,β-unsaturated/α-hetero) is 1. The van der Waals surface area contributed by atoms with Crippen molar-refractivity contribution in [1.29, 1.82) is 0 Å². The number of aromatic nitrogens is 1. The summed E-state index contributed by atoms with van der Waals surface area (Å²) in [5.74, 6) is -0.276. The van der Waals surface area contributed by atoms with Crippen molar-refractivity contribution in [2.45, 2.75) is 40.0 Å². The van der Waals surface area contributed by atoms with E-state index < -0.39 is 0 Å². The third-order valence-electron chi connectivity index (χ3n) is 4.46. The molecule has 0 spiro atoms. The topological polar surface area (TPSA) is 59.2 Å². The van der Waals surface area contributed by atoms with E-state index in [0.29, 0.717) is 30.7 Å². The summed E-state index contributed by atoms with van der Waals surface area (Å²) < 4.78 is 5.19. The number of fused-ring (bicyclic) bond motifs is 1. The highest BCUT2D eigenvalue weighted by Gasteiger charge is 2.36.